The van der Waals surface area contributed by atoms with E-state index in [0.717, 1.165) is 0 Å². The van der Waals surface area contributed by atoms with Crippen molar-refractivity contribution in [2.45, 2.75) is 0 Å². The smallest absolute Gasteiger partial charge is 0.242 e. The number of isocyanates is 1. The number of aromatic nitrogens is 1. The lowest BCUT2D eigenvalue weighted by Crippen LogP contribution is -1.96. The third kappa shape index (κ3) is 1.81. The summed E-state index contributed by atoms with van der Waals surface area (Å²) in [7, 11) is 0. The molecular weight excluding hydrogens is 142 g/mol. The van der Waals surface area contributed by atoms with Gasteiger partial charge in [-0.05, 0) is 12.1 Å². The second-order valence-electron chi connectivity index (χ2n) is 1.77. The molecule has 1 rings (SSSR count). The Morgan fingerprint density at radius 1 is 1.64 bits per heavy atom. The zero-order valence-electron chi connectivity index (χ0n) is 5.61. The molecule has 11 heavy (non-hydrogen) atoms. The lowest BCUT2D eigenvalue weighted by Gasteiger charge is -1.91. The lowest BCUT2D eigenvalue weighted by molar-refractivity contribution is 0.565. The molecule has 1 aromatic rings. The zero-order chi connectivity index (χ0) is 8.10. The van der Waals surface area contributed by atoms with Gasteiger partial charge >= 0.3 is 0 Å². The molecule has 1 heterocycles. The molecule has 1 aromatic heterocycles. The fourth-order valence-electron chi connectivity index (χ4n) is 0.606. The minimum absolute atomic E-state index is 0.166. The summed E-state index contributed by atoms with van der Waals surface area (Å²) in [5, 5.41) is 7.14. The van der Waals surface area contributed by atoms with Crippen molar-refractivity contribution in [2.75, 3.05) is 0 Å². The van der Waals surface area contributed by atoms with Crippen LogP contribution in [-0.4, -0.2) is 16.9 Å². The largest absolute Gasteiger partial charge is 0.280 e. The number of amidine groups is 1. The molecule has 1 N–H and O–H groups in total. The van der Waals surface area contributed by atoms with E-state index in [0.29, 0.717) is 5.69 Å². The van der Waals surface area contributed by atoms with Gasteiger partial charge in [0.25, 0.3) is 0 Å². The molecule has 0 aromatic carbocycles. The molecule has 0 atom stereocenters. The molecule has 0 amide bonds. The second kappa shape index (κ2) is 3.39. The first-order valence-corrected chi connectivity index (χ1v) is 2.92. The Morgan fingerprint density at radius 2 is 2.45 bits per heavy atom. The Kier molecular flexibility index (Phi) is 2.25. The fraction of sp³-hybridized carbons (Fsp3) is 0. The van der Waals surface area contributed by atoms with Gasteiger partial charge in [-0.15, -0.1) is 4.99 Å². The van der Waals surface area contributed by atoms with Gasteiger partial charge in [0.2, 0.25) is 6.08 Å². The van der Waals surface area contributed by atoms with E-state index in [1.54, 1.807) is 18.2 Å². The molecule has 4 heteroatoms. The summed E-state index contributed by atoms with van der Waals surface area (Å²) in [4.78, 5) is 16.6. The molecule has 0 bridgehead atoms. The van der Waals surface area contributed by atoms with Crippen LogP contribution in [0.3, 0.4) is 0 Å². The Labute approximate surface area is 63.1 Å². The van der Waals surface area contributed by atoms with Gasteiger partial charge in [0.15, 0.2) is 5.84 Å². The zero-order valence-corrected chi connectivity index (χ0v) is 5.61. The van der Waals surface area contributed by atoms with Crippen LogP contribution in [0.25, 0.3) is 0 Å². The number of rotatable bonds is 1. The van der Waals surface area contributed by atoms with E-state index in [9.17, 15) is 4.79 Å². The molecule has 0 aliphatic heterocycles. The van der Waals surface area contributed by atoms with Crippen LogP contribution in [0.1, 0.15) is 5.69 Å². The first-order valence-electron chi connectivity index (χ1n) is 2.92. The molecule has 0 saturated heterocycles. The van der Waals surface area contributed by atoms with Crippen molar-refractivity contribution in [3.8, 4) is 0 Å². The number of nitrogens with zero attached hydrogens (tertiary/aromatic N) is 2. The van der Waals surface area contributed by atoms with Gasteiger partial charge in [-0.1, -0.05) is 6.07 Å². The average molecular weight is 147 g/mol. The van der Waals surface area contributed by atoms with Crippen LogP contribution in [0.4, 0.5) is 0 Å². The second-order valence-corrected chi connectivity index (χ2v) is 1.77. The highest BCUT2D eigenvalue weighted by Crippen LogP contribution is 1.94. The summed E-state index contributed by atoms with van der Waals surface area (Å²) >= 11 is 0. The first-order chi connectivity index (χ1) is 5.34. The summed E-state index contributed by atoms with van der Waals surface area (Å²) < 4.78 is 0. The van der Waals surface area contributed by atoms with Gasteiger partial charge in [0, 0.05) is 6.20 Å². The predicted molar refractivity (Wildman–Crippen MR) is 39.2 cm³/mol. The minimum atomic E-state index is -0.166. The summed E-state index contributed by atoms with van der Waals surface area (Å²) in [5.74, 6) is -0.166. The Hall–Kier alpha value is -1.80. The molecule has 0 radical (unpaired) electrons. The molecule has 54 valence electrons. The van der Waals surface area contributed by atoms with Crippen molar-refractivity contribution >= 4 is 11.9 Å². The number of hydrogen-bond donors (Lipinski definition) is 1. The van der Waals surface area contributed by atoms with Crippen LogP contribution in [0.5, 0.6) is 0 Å². The molecule has 4 nitrogen and oxygen atoms in total. The number of hydrogen-bond acceptors (Lipinski definition) is 3. The van der Waals surface area contributed by atoms with E-state index in [2.05, 4.69) is 9.98 Å². The molecule has 0 spiro atoms. The van der Waals surface area contributed by atoms with Crippen molar-refractivity contribution in [2.24, 2.45) is 4.99 Å². The summed E-state index contributed by atoms with van der Waals surface area (Å²) in [5.41, 5.74) is 0.371. The summed E-state index contributed by atoms with van der Waals surface area (Å²) in [6, 6.07) is 5.04. The molecule has 0 fully saturated rings. The fourth-order valence-corrected chi connectivity index (χ4v) is 0.606. The van der Waals surface area contributed by atoms with E-state index < -0.39 is 0 Å². The third-order valence-corrected chi connectivity index (χ3v) is 1.06. The normalized spacial score (nSPS) is 8.36. The van der Waals surface area contributed by atoms with E-state index in [4.69, 9.17) is 5.41 Å². The average Bonchev–Trinajstić information content (AvgIpc) is 2.07. The number of pyridine rings is 1. The molecule has 0 saturated carbocycles. The molecule has 0 aliphatic rings. The Balaban J connectivity index is 2.94. The van der Waals surface area contributed by atoms with E-state index in [1.165, 1.54) is 12.3 Å². The minimum Gasteiger partial charge on any atom is -0.280 e. The van der Waals surface area contributed by atoms with Crippen LogP contribution in [0, 0.1) is 5.41 Å². The van der Waals surface area contributed by atoms with E-state index >= 15 is 0 Å². The van der Waals surface area contributed by atoms with Crippen LogP contribution >= 0.6 is 0 Å². The highest BCUT2D eigenvalue weighted by Gasteiger charge is 1.96. The van der Waals surface area contributed by atoms with Gasteiger partial charge in [-0.3, -0.25) is 10.4 Å². The van der Waals surface area contributed by atoms with Crippen molar-refractivity contribution < 1.29 is 4.79 Å². The molecular formula is C7H5N3O. The molecule has 0 aliphatic carbocycles. The van der Waals surface area contributed by atoms with E-state index in [1.807, 2.05) is 0 Å². The first kappa shape index (κ1) is 7.31. The quantitative estimate of drug-likeness (QED) is 0.361. The highest BCUT2D eigenvalue weighted by molar-refractivity contribution is 5.97. The van der Waals surface area contributed by atoms with Gasteiger partial charge in [0.05, 0.1) is 0 Å². The van der Waals surface area contributed by atoms with Gasteiger partial charge in [-0.25, -0.2) is 4.79 Å². The lowest BCUT2D eigenvalue weighted by atomic mass is 10.3. The maximum absolute atomic E-state index is 9.73. The number of nitrogens with one attached hydrogen (secondary N) is 1. The topological polar surface area (TPSA) is 66.2 Å². The maximum atomic E-state index is 9.73. The van der Waals surface area contributed by atoms with Crippen molar-refractivity contribution in [1.29, 1.82) is 5.41 Å². The van der Waals surface area contributed by atoms with Crippen molar-refractivity contribution in [3.63, 3.8) is 0 Å². The third-order valence-electron chi connectivity index (χ3n) is 1.06. The van der Waals surface area contributed by atoms with Crippen molar-refractivity contribution in [1.82, 2.24) is 4.98 Å². The van der Waals surface area contributed by atoms with Gasteiger partial charge < -0.3 is 0 Å². The van der Waals surface area contributed by atoms with Gasteiger partial charge in [0.1, 0.15) is 5.69 Å². The monoisotopic (exact) mass is 147 g/mol. The summed E-state index contributed by atoms with van der Waals surface area (Å²) in [6.45, 7) is 0. The molecule has 0 unspecified atom stereocenters. The van der Waals surface area contributed by atoms with E-state index in [-0.39, 0.29) is 5.84 Å². The summed E-state index contributed by atoms with van der Waals surface area (Å²) in [6.07, 6.45) is 2.81. The number of carbonyl (C=O) groups excluding carboxylic acids is 1. The Bertz CT molecular complexity index is 301. The van der Waals surface area contributed by atoms with Crippen LogP contribution in [-0.2, 0) is 4.79 Å². The predicted octanol–water partition coefficient (Wildman–Crippen LogP) is 0.743. The maximum Gasteiger partial charge on any atom is 0.242 e. The standard InChI is InChI=1S/C7H5N3O/c8-7(10-5-11)6-3-1-2-4-9-6/h1-4,8H. The SMILES string of the molecule is N=C(N=C=O)c1ccccn1. The number of aliphatic imine (C=N–C) groups is 1. The highest BCUT2D eigenvalue weighted by atomic mass is 16.1. The van der Waals surface area contributed by atoms with Gasteiger partial charge in [-0.2, -0.15) is 0 Å². The van der Waals surface area contributed by atoms with Crippen LogP contribution in [0.15, 0.2) is 29.4 Å². The van der Waals surface area contributed by atoms with Crippen LogP contribution in [0.2, 0.25) is 0 Å². The van der Waals surface area contributed by atoms with Crippen LogP contribution < -0.4 is 0 Å². The Morgan fingerprint density at radius 3 is 3.00 bits per heavy atom. The van der Waals surface area contributed by atoms with Crippen molar-refractivity contribution in [3.05, 3.63) is 30.1 Å².